The van der Waals surface area contributed by atoms with Crippen molar-refractivity contribution in [3.8, 4) is 11.1 Å². The van der Waals surface area contributed by atoms with E-state index < -0.39 is 17.6 Å². The molecule has 0 aliphatic carbocycles. The molecule has 2 aliphatic rings. The first kappa shape index (κ1) is 23.3. The summed E-state index contributed by atoms with van der Waals surface area (Å²) in [5, 5.41) is 3.51. The summed E-state index contributed by atoms with van der Waals surface area (Å²) in [5.41, 5.74) is 2.29. The van der Waals surface area contributed by atoms with Crippen LogP contribution in [0.15, 0.2) is 42.5 Å². The van der Waals surface area contributed by atoms with Gasteiger partial charge in [0.1, 0.15) is 12.1 Å². The van der Waals surface area contributed by atoms with Crippen LogP contribution in [0.4, 0.5) is 5.69 Å². The molecule has 1 N–H and O–H groups in total. The summed E-state index contributed by atoms with van der Waals surface area (Å²) in [6.07, 6.45) is -0.632. The van der Waals surface area contributed by atoms with Crippen molar-refractivity contribution < 1.29 is 19.1 Å². The first-order chi connectivity index (χ1) is 15.6. The van der Waals surface area contributed by atoms with Crippen LogP contribution >= 0.6 is 11.6 Å². The number of ether oxygens (including phenoxy) is 1. The molecule has 1 saturated heterocycles. The summed E-state index contributed by atoms with van der Waals surface area (Å²) in [4.78, 5) is 42.8. The number of hydrogen-bond acceptors (Lipinski definition) is 4. The number of nitrogens with zero attached hydrogens (tertiary/aromatic N) is 2. The number of halogens is 1. The minimum atomic E-state index is -0.765. The van der Waals surface area contributed by atoms with E-state index in [4.69, 9.17) is 16.3 Å². The van der Waals surface area contributed by atoms with Gasteiger partial charge in [0, 0.05) is 25.2 Å². The number of benzene rings is 2. The normalized spacial score (nSPS) is 19.4. The molecule has 0 spiro atoms. The number of hydrogen-bond donors (Lipinski definition) is 1. The maximum Gasteiger partial charge on any atom is 0.256 e. The van der Waals surface area contributed by atoms with Gasteiger partial charge in [-0.15, -0.1) is 0 Å². The molecule has 8 heteroatoms. The Kier molecular flexibility index (Phi) is 6.20. The molecule has 0 saturated carbocycles. The van der Waals surface area contributed by atoms with E-state index >= 15 is 0 Å². The van der Waals surface area contributed by atoms with E-state index in [2.05, 4.69) is 5.32 Å². The molecule has 0 radical (unpaired) electrons. The number of nitrogens with one attached hydrogen (secondary N) is 1. The molecule has 33 heavy (non-hydrogen) atoms. The zero-order chi connectivity index (χ0) is 23.9. The van der Waals surface area contributed by atoms with Crippen LogP contribution in [0.1, 0.15) is 31.1 Å². The summed E-state index contributed by atoms with van der Waals surface area (Å²) in [7, 11) is 1.51. The SMILES string of the molecule is CO[C@H](C(=O)N1CCN2C(=O)c3cc(-c4ccc(Cl)cc4)ccc3NC(=O)C2C1)C(C)(C)C. The fourth-order valence-corrected chi connectivity index (χ4v) is 4.59. The highest BCUT2D eigenvalue weighted by Crippen LogP contribution is 2.31. The molecule has 4 rings (SSSR count). The van der Waals surface area contributed by atoms with Gasteiger partial charge >= 0.3 is 0 Å². The van der Waals surface area contributed by atoms with Crippen LogP contribution in [0.25, 0.3) is 11.1 Å². The van der Waals surface area contributed by atoms with Crippen LogP contribution < -0.4 is 5.32 Å². The van der Waals surface area contributed by atoms with Crippen LogP contribution in [0.5, 0.6) is 0 Å². The monoisotopic (exact) mass is 469 g/mol. The van der Waals surface area contributed by atoms with E-state index in [-0.39, 0.29) is 30.8 Å². The van der Waals surface area contributed by atoms with Crippen molar-refractivity contribution in [1.82, 2.24) is 9.80 Å². The van der Waals surface area contributed by atoms with E-state index in [0.717, 1.165) is 11.1 Å². The minimum absolute atomic E-state index is 0.129. The summed E-state index contributed by atoms with van der Waals surface area (Å²) in [5.74, 6) is -0.698. The Morgan fingerprint density at radius 1 is 1.09 bits per heavy atom. The lowest BCUT2D eigenvalue weighted by Crippen LogP contribution is -2.61. The molecule has 1 unspecified atom stereocenters. The fourth-order valence-electron chi connectivity index (χ4n) is 4.46. The van der Waals surface area contributed by atoms with E-state index in [1.54, 1.807) is 34.1 Å². The Morgan fingerprint density at radius 2 is 1.76 bits per heavy atom. The van der Waals surface area contributed by atoms with Crippen LogP contribution in [0.2, 0.25) is 5.02 Å². The Balaban J connectivity index is 1.61. The Bertz CT molecular complexity index is 1090. The van der Waals surface area contributed by atoms with E-state index in [1.807, 2.05) is 39.0 Å². The first-order valence-electron chi connectivity index (χ1n) is 10.9. The van der Waals surface area contributed by atoms with Crippen LogP contribution in [0.3, 0.4) is 0 Å². The highest BCUT2D eigenvalue weighted by atomic mass is 35.5. The van der Waals surface area contributed by atoms with Gasteiger partial charge in [0.05, 0.1) is 17.8 Å². The van der Waals surface area contributed by atoms with Crippen molar-refractivity contribution in [2.75, 3.05) is 32.1 Å². The third kappa shape index (κ3) is 4.48. The number of anilines is 1. The lowest BCUT2D eigenvalue weighted by Gasteiger charge is -2.41. The van der Waals surface area contributed by atoms with Gasteiger partial charge in [-0.1, -0.05) is 50.6 Å². The molecule has 1 fully saturated rings. The maximum absolute atomic E-state index is 13.5. The number of rotatable bonds is 3. The van der Waals surface area contributed by atoms with Gasteiger partial charge in [0.25, 0.3) is 11.8 Å². The highest BCUT2D eigenvalue weighted by Gasteiger charge is 2.43. The molecule has 2 aromatic carbocycles. The van der Waals surface area contributed by atoms with E-state index in [1.165, 1.54) is 7.11 Å². The number of carbonyl (C=O) groups is 3. The molecule has 2 heterocycles. The van der Waals surface area contributed by atoms with Crippen LogP contribution in [-0.2, 0) is 14.3 Å². The fraction of sp³-hybridized carbons (Fsp3) is 0.400. The Hall–Kier alpha value is -2.90. The van der Waals surface area contributed by atoms with Gasteiger partial charge in [-0.2, -0.15) is 0 Å². The van der Waals surface area contributed by atoms with Gasteiger partial charge in [-0.25, -0.2) is 0 Å². The zero-order valence-corrected chi connectivity index (χ0v) is 20.0. The van der Waals surface area contributed by atoms with Gasteiger partial charge in [0.15, 0.2) is 0 Å². The average molecular weight is 470 g/mol. The third-order valence-electron chi connectivity index (χ3n) is 6.19. The highest BCUT2D eigenvalue weighted by molar-refractivity contribution is 6.30. The van der Waals surface area contributed by atoms with Crippen molar-refractivity contribution in [2.24, 2.45) is 5.41 Å². The topological polar surface area (TPSA) is 79.0 Å². The quantitative estimate of drug-likeness (QED) is 0.743. The Labute approximate surface area is 198 Å². The molecular formula is C25H28ClN3O4. The molecule has 0 aromatic heterocycles. The lowest BCUT2D eigenvalue weighted by atomic mass is 9.88. The minimum Gasteiger partial charge on any atom is -0.371 e. The molecule has 2 aliphatic heterocycles. The summed E-state index contributed by atoms with van der Waals surface area (Å²) in [6.45, 7) is 6.55. The lowest BCUT2D eigenvalue weighted by molar-refractivity contribution is -0.151. The summed E-state index contributed by atoms with van der Waals surface area (Å²) < 4.78 is 5.47. The predicted octanol–water partition coefficient (Wildman–Crippen LogP) is 3.67. The molecule has 2 atom stereocenters. The molecule has 7 nitrogen and oxygen atoms in total. The number of fused-ring (bicyclic) bond motifs is 2. The molecule has 0 bridgehead atoms. The predicted molar refractivity (Wildman–Crippen MR) is 127 cm³/mol. The van der Waals surface area contributed by atoms with Gasteiger partial charge in [0.2, 0.25) is 5.91 Å². The van der Waals surface area contributed by atoms with Crippen molar-refractivity contribution in [1.29, 1.82) is 0 Å². The van der Waals surface area contributed by atoms with Gasteiger partial charge < -0.3 is 19.9 Å². The molecule has 174 valence electrons. The number of carbonyl (C=O) groups excluding carboxylic acids is 3. The number of piperazine rings is 1. The van der Waals surface area contributed by atoms with Gasteiger partial charge in [-0.05, 0) is 40.8 Å². The first-order valence-corrected chi connectivity index (χ1v) is 11.3. The van der Waals surface area contributed by atoms with Gasteiger partial charge in [-0.3, -0.25) is 14.4 Å². The molecule has 2 aromatic rings. The second-order valence-corrected chi connectivity index (χ2v) is 9.97. The number of methoxy groups -OCH3 is 1. The zero-order valence-electron chi connectivity index (χ0n) is 19.2. The second kappa shape index (κ2) is 8.80. The van der Waals surface area contributed by atoms with E-state index in [9.17, 15) is 14.4 Å². The van der Waals surface area contributed by atoms with Crippen LogP contribution in [0, 0.1) is 5.41 Å². The van der Waals surface area contributed by atoms with Crippen molar-refractivity contribution >= 4 is 35.0 Å². The largest absolute Gasteiger partial charge is 0.371 e. The van der Waals surface area contributed by atoms with Crippen molar-refractivity contribution in [3.63, 3.8) is 0 Å². The smallest absolute Gasteiger partial charge is 0.256 e. The Morgan fingerprint density at radius 3 is 2.39 bits per heavy atom. The molecule has 3 amide bonds. The average Bonchev–Trinajstić information content (AvgIpc) is 2.88. The van der Waals surface area contributed by atoms with Crippen molar-refractivity contribution in [3.05, 3.63) is 53.1 Å². The van der Waals surface area contributed by atoms with Crippen molar-refractivity contribution in [2.45, 2.75) is 32.9 Å². The standard InChI is InChI=1S/C25H28ClN3O4/c1-25(2,3)21(33-4)24(32)28-11-12-29-20(14-28)22(30)27-19-10-7-16(13-18(19)23(29)31)15-5-8-17(26)9-6-15/h5-10,13,20-21H,11-12,14H2,1-4H3,(H,27,30)/t20?,21-/m1/s1. The third-order valence-corrected chi connectivity index (χ3v) is 6.44. The molecular weight excluding hydrogens is 442 g/mol. The summed E-state index contributed by atoms with van der Waals surface area (Å²) in [6, 6.07) is 12.0. The van der Waals surface area contributed by atoms with Crippen LogP contribution in [-0.4, -0.2) is 66.4 Å². The number of amides is 3. The summed E-state index contributed by atoms with van der Waals surface area (Å²) >= 11 is 6.00. The second-order valence-electron chi connectivity index (χ2n) is 9.54. The van der Waals surface area contributed by atoms with E-state index in [0.29, 0.717) is 22.8 Å². The maximum atomic E-state index is 13.5.